The number of carbonyl (C=O) groups is 1. The topological polar surface area (TPSA) is 59.2 Å². The van der Waals surface area contributed by atoms with Gasteiger partial charge in [-0.2, -0.15) is 0 Å². The Morgan fingerprint density at radius 3 is 2.88 bits per heavy atom. The summed E-state index contributed by atoms with van der Waals surface area (Å²) in [4.78, 5) is 17.9. The van der Waals surface area contributed by atoms with E-state index in [0.29, 0.717) is 18.9 Å². The molecular formula is C13H19N3O. The lowest BCUT2D eigenvalue weighted by Crippen LogP contribution is -2.29. The van der Waals surface area contributed by atoms with E-state index in [9.17, 15) is 4.79 Å². The SMILES string of the molecule is NCC1CCN(C(=O)CCc2ccncc2)C1. The van der Waals surface area contributed by atoms with E-state index in [1.54, 1.807) is 12.4 Å². The van der Waals surface area contributed by atoms with Crippen LogP contribution in [0.2, 0.25) is 0 Å². The first-order valence-electron chi connectivity index (χ1n) is 6.16. The highest BCUT2D eigenvalue weighted by Gasteiger charge is 2.24. The van der Waals surface area contributed by atoms with Crippen LogP contribution >= 0.6 is 0 Å². The molecule has 1 saturated heterocycles. The van der Waals surface area contributed by atoms with Crippen LogP contribution in [0.25, 0.3) is 0 Å². The Balaban J connectivity index is 1.78. The first-order valence-corrected chi connectivity index (χ1v) is 6.16. The maximum absolute atomic E-state index is 11.9. The van der Waals surface area contributed by atoms with Gasteiger partial charge in [-0.15, -0.1) is 0 Å². The minimum absolute atomic E-state index is 0.248. The molecule has 2 rings (SSSR count). The van der Waals surface area contributed by atoms with E-state index in [2.05, 4.69) is 4.98 Å². The fraction of sp³-hybridized carbons (Fsp3) is 0.538. The molecule has 1 aliphatic rings. The lowest BCUT2D eigenvalue weighted by molar-refractivity contribution is -0.130. The van der Waals surface area contributed by atoms with Crippen molar-refractivity contribution in [3.8, 4) is 0 Å². The van der Waals surface area contributed by atoms with E-state index >= 15 is 0 Å². The molecule has 0 bridgehead atoms. The van der Waals surface area contributed by atoms with Gasteiger partial charge in [0.2, 0.25) is 5.91 Å². The number of aromatic nitrogens is 1. The van der Waals surface area contributed by atoms with E-state index in [0.717, 1.165) is 25.9 Å². The number of hydrogen-bond acceptors (Lipinski definition) is 3. The van der Waals surface area contributed by atoms with Gasteiger partial charge in [0.25, 0.3) is 0 Å². The third-order valence-corrected chi connectivity index (χ3v) is 3.35. The molecule has 17 heavy (non-hydrogen) atoms. The van der Waals surface area contributed by atoms with Crippen LogP contribution in [0, 0.1) is 5.92 Å². The second kappa shape index (κ2) is 5.77. The summed E-state index contributed by atoms with van der Waals surface area (Å²) in [5, 5.41) is 0. The van der Waals surface area contributed by atoms with E-state index in [1.807, 2.05) is 17.0 Å². The average molecular weight is 233 g/mol. The maximum atomic E-state index is 11.9. The van der Waals surface area contributed by atoms with Crippen LogP contribution in [0.4, 0.5) is 0 Å². The molecule has 2 heterocycles. The van der Waals surface area contributed by atoms with E-state index in [4.69, 9.17) is 5.73 Å². The van der Waals surface area contributed by atoms with E-state index in [1.165, 1.54) is 5.56 Å². The quantitative estimate of drug-likeness (QED) is 0.837. The predicted octanol–water partition coefficient (Wildman–Crippen LogP) is 0.821. The Kier molecular flexibility index (Phi) is 4.09. The van der Waals surface area contributed by atoms with Crippen LogP contribution in [0.5, 0.6) is 0 Å². The molecule has 1 aromatic rings. The highest BCUT2D eigenvalue weighted by atomic mass is 16.2. The van der Waals surface area contributed by atoms with Crippen LogP contribution < -0.4 is 5.73 Å². The van der Waals surface area contributed by atoms with Gasteiger partial charge in [-0.3, -0.25) is 9.78 Å². The molecule has 1 atom stereocenters. The highest BCUT2D eigenvalue weighted by molar-refractivity contribution is 5.76. The summed E-state index contributed by atoms with van der Waals surface area (Å²) in [5.41, 5.74) is 6.79. The number of likely N-dealkylation sites (tertiary alicyclic amines) is 1. The summed E-state index contributed by atoms with van der Waals surface area (Å²) in [6, 6.07) is 3.92. The molecule has 4 nitrogen and oxygen atoms in total. The van der Waals surface area contributed by atoms with Crippen molar-refractivity contribution in [2.24, 2.45) is 11.7 Å². The molecule has 2 N–H and O–H groups in total. The third-order valence-electron chi connectivity index (χ3n) is 3.35. The molecule has 0 spiro atoms. The standard InChI is InChI=1S/C13H19N3O/c14-9-12-5-8-16(10-12)13(17)2-1-11-3-6-15-7-4-11/h3-4,6-7,12H,1-2,5,8-10,14H2. The highest BCUT2D eigenvalue weighted by Crippen LogP contribution is 2.16. The monoisotopic (exact) mass is 233 g/mol. The van der Waals surface area contributed by atoms with Gasteiger partial charge in [0.05, 0.1) is 0 Å². The molecule has 0 saturated carbocycles. The number of pyridine rings is 1. The summed E-state index contributed by atoms with van der Waals surface area (Å²) < 4.78 is 0. The molecule has 0 radical (unpaired) electrons. The predicted molar refractivity (Wildman–Crippen MR) is 66.3 cm³/mol. The smallest absolute Gasteiger partial charge is 0.222 e. The van der Waals surface area contributed by atoms with Gasteiger partial charge in [-0.1, -0.05) is 0 Å². The van der Waals surface area contributed by atoms with Crippen molar-refractivity contribution < 1.29 is 4.79 Å². The minimum atomic E-state index is 0.248. The van der Waals surface area contributed by atoms with Crippen molar-refractivity contribution in [2.45, 2.75) is 19.3 Å². The summed E-state index contributed by atoms with van der Waals surface area (Å²) >= 11 is 0. The van der Waals surface area contributed by atoms with Crippen molar-refractivity contribution in [1.29, 1.82) is 0 Å². The minimum Gasteiger partial charge on any atom is -0.342 e. The van der Waals surface area contributed by atoms with Crippen molar-refractivity contribution in [2.75, 3.05) is 19.6 Å². The van der Waals surface area contributed by atoms with Crippen molar-refractivity contribution in [1.82, 2.24) is 9.88 Å². The van der Waals surface area contributed by atoms with E-state index < -0.39 is 0 Å². The molecule has 1 amide bonds. The second-order valence-electron chi connectivity index (χ2n) is 4.59. The zero-order chi connectivity index (χ0) is 12.1. The number of aryl methyl sites for hydroxylation is 1. The number of rotatable bonds is 4. The number of amides is 1. The van der Waals surface area contributed by atoms with Crippen LogP contribution in [-0.2, 0) is 11.2 Å². The Morgan fingerprint density at radius 1 is 1.47 bits per heavy atom. The molecule has 0 aromatic carbocycles. The maximum Gasteiger partial charge on any atom is 0.222 e. The van der Waals surface area contributed by atoms with Gasteiger partial charge in [-0.05, 0) is 43.0 Å². The normalized spacial score (nSPS) is 19.6. The third kappa shape index (κ3) is 3.27. The van der Waals surface area contributed by atoms with Crippen LogP contribution in [-0.4, -0.2) is 35.4 Å². The summed E-state index contributed by atoms with van der Waals surface area (Å²) in [7, 11) is 0. The molecule has 1 unspecified atom stereocenters. The Labute approximate surface area is 102 Å². The first kappa shape index (κ1) is 12.0. The van der Waals surface area contributed by atoms with Crippen molar-refractivity contribution in [3.63, 3.8) is 0 Å². The Morgan fingerprint density at radius 2 is 2.24 bits per heavy atom. The van der Waals surface area contributed by atoms with Crippen molar-refractivity contribution in [3.05, 3.63) is 30.1 Å². The summed E-state index contributed by atoms with van der Waals surface area (Å²) in [6.07, 6.45) is 5.96. The molecule has 1 aromatic heterocycles. The molecule has 4 heteroatoms. The lowest BCUT2D eigenvalue weighted by Gasteiger charge is -2.16. The fourth-order valence-corrected chi connectivity index (χ4v) is 2.21. The zero-order valence-corrected chi connectivity index (χ0v) is 10.0. The molecule has 0 aliphatic carbocycles. The van der Waals surface area contributed by atoms with E-state index in [-0.39, 0.29) is 5.91 Å². The molecular weight excluding hydrogens is 214 g/mol. The Hall–Kier alpha value is -1.42. The van der Waals surface area contributed by atoms with Gasteiger partial charge in [0, 0.05) is 31.9 Å². The van der Waals surface area contributed by atoms with Gasteiger partial charge in [0.15, 0.2) is 0 Å². The number of nitrogens with two attached hydrogens (primary N) is 1. The second-order valence-corrected chi connectivity index (χ2v) is 4.59. The zero-order valence-electron chi connectivity index (χ0n) is 10.0. The average Bonchev–Trinajstić information content (AvgIpc) is 2.86. The number of nitrogens with zero attached hydrogens (tertiary/aromatic N) is 2. The summed E-state index contributed by atoms with van der Waals surface area (Å²) in [5.74, 6) is 0.748. The fourth-order valence-electron chi connectivity index (χ4n) is 2.21. The number of carbonyl (C=O) groups excluding carboxylic acids is 1. The van der Waals surface area contributed by atoms with Gasteiger partial charge in [0.1, 0.15) is 0 Å². The molecule has 92 valence electrons. The largest absolute Gasteiger partial charge is 0.342 e. The van der Waals surface area contributed by atoms with Gasteiger partial charge < -0.3 is 10.6 Å². The molecule has 1 fully saturated rings. The van der Waals surface area contributed by atoms with Crippen molar-refractivity contribution >= 4 is 5.91 Å². The van der Waals surface area contributed by atoms with Gasteiger partial charge >= 0.3 is 0 Å². The summed E-state index contributed by atoms with van der Waals surface area (Å²) in [6.45, 7) is 2.40. The van der Waals surface area contributed by atoms with Crippen LogP contribution in [0.15, 0.2) is 24.5 Å². The number of hydrogen-bond donors (Lipinski definition) is 1. The Bertz CT molecular complexity index is 366. The lowest BCUT2D eigenvalue weighted by atomic mass is 10.1. The molecule has 1 aliphatic heterocycles. The van der Waals surface area contributed by atoms with Crippen LogP contribution in [0.3, 0.4) is 0 Å². The van der Waals surface area contributed by atoms with Crippen LogP contribution in [0.1, 0.15) is 18.4 Å². The first-order chi connectivity index (χ1) is 8.29. The van der Waals surface area contributed by atoms with Gasteiger partial charge in [-0.25, -0.2) is 0 Å².